The van der Waals surface area contributed by atoms with Crippen LogP contribution in [0.5, 0.6) is 0 Å². The van der Waals surface area contributed by atoms with Gasteiger partial charge in [-0.3, -0.25) is 14.6 Å². The number of nitrogens with zero attached hydrogens (tertiary/aromatic N) is 3. The molecular formula is C26H24ClN3O6. The molecule has 1 N–H and O–H groups in total. The first-order chi connectivity index (χ1) is 17.4. The van der Waals surface area contributed by atoms with Crippen LogP contribution in [0.15, 0.2) is 64.4 Å². The van der Waals surface area contributed by atoms with Crippen molar-refractivity contribution in [2.75, 3.05) is 19.7 Å². The second kappa shape index (κ2) is 9.66. The summed E-state index contributed by atoms with van der Waals surface area (Å²) in [7, 11) is 0. The fraction of sp³-hybridized carbons (Fsp3) is 0.308. The van der Waals surface area contributed by atoms with E-state index < -0.39 is 29.6 Å². The molecule has 1 aromatic carbocycles. The fourth-order valence-corrected chi connectivity index (χ4v) is 5.04. The zero-order valence-electron chi connectivity index (χ0n) is 19.5. The van der Waals surface area contributed by atoms with Gasteiger partial charge in [-0.15, -0.1) is 0 Å². The third kappa shape index (κ3) is 4.19. The van der Waals surface area contributed by atoms with E-state index in [0.717, 1.165) is 0 Å². The number of furan rings is 1. The zero-order valence-corrected chi connectivity index (χ0v) is 20.3. The molecule has 0 spiro atoms. The lowest BCUT2D eigenvalue weighted by atomic mass is 9.95. The number of carbonyl (C=O) groups is 3. The van der Waals surface area contributed by atoms with E-state index in [0.29, 0.717) is 47.6 Å². The Bertz CT molecular complexity index is 1360. The summed E-state index contributed by atoms with van der Waals surface area (Å²) < 4.78 is 10.8. The van der Waals surface area contributed by atoms with Crippen LogP contribution in [0.3, 0.4) is 0 Å². The molecule has 1 saturated heterocycles. The summed E-state index contributed by atoms with van der Waals surface area (Å²) in [6, 6.07) is 10.5. The summed E-state index contributed by atoms with van der Waals surface area (Å²) in [5, 5.41) is 12.1. The quantitative estimate of drug-likeness (QED) is 0.497. The van der Waals surface area contributed by atoms with Crippen molar-refractivity contribution in [1.82, 2.24) is 14.8 Å². The van der Waals surface area contributed by atoms with E-state index in [4.69, 9.17) is 20.8 Å². The minimum absolute atomic E-state index is 0.0125. The normalized spacial score (nSPS) is 18.8. The van der Waals surface area contributed by atoms with Crippen molar-refractivity contribution >= 4 is 40.4 Å². The lowest BCUT2D eigenvalue weighted by molar-refractivity contribution is -0.132. The molecule has 2 aromatic heterocycles. The van der Waals surface area contributed by atoms with Crippen LogP contribution in [-0.2, 0) is 9.53 Å². The fourth-order valence-electron chi connectivity index (χ4n) is 4.86. The first kappa shape index (κ1) is 23.9. The van der Waals surface area contributed by atoms with Crippen molar-refractivity contribution < 1.29 is 28.6 Å². The van der Waals surface area contributed by atoms with Crippen LogP contribution in [0.2, 0.25) is 5.02 Å². The molecule has 2 amide bonds. The molecule has 5 rings (SSSR count). The minimum Gasteiger partial charge on any atom is -0.503 e. The van der Waals surface area contributed by atoms with Crippen molar-refractivity contribution in [3.05, 3.63) is 76.5 Å². The molecule has 0 radical (unpaired) electrons. The van der Waals surface area contributed by atoms with E-state index in [9.17, 15) is 19.5 Å². The number of fused-ring (bicyclic) bond motifs is 1. The largest absolute Gasteiger partial charge is 0.503 e. The molecule has 1 fully saturated rings. The standard InChI is InChI=1S/C26H24ClN3O6/c1-2-35-26(34)29-11-8-17(9-12-29)30-22(18-5-3-4-10-28-18)21(24(32)25(30)33)23(31)20-14-15-13-16(27)6-7-19(15)36-20/h3-7,10,13-14,17,22,32H,2,8-9,11-12H2,1H3. The molecule has 36 heavy (non-hydrogen) atoms. The summed E-state index contributed by atoms with van der Waals surface area (Å²) in [6.45, 7) is 2.80. The topological polar surface area (TPSA) is 113 Å². The van der Waals surface area contributed by atoms with Crippen LogP contribution in [0.4, 0.5) is 4.79 Å². The third-order valence-electron chi connectivity index (χ3n) is 6.54. The highest BCUT2D eigenvalue weighted by atomic mass is 35.5. The van der Waals surface area contributed by atoms with E-state index in [2.05, 4.69) is 4.98 Å². The lowest BCUT2D eigenvalue weighted by Crippen LogP contribution is -2.48. The Labute approximate surface area is 211 Å². The molecule has 0 saturated carbocycles. The predicted molar refractivity (Wildman–Crippen MR) is 131 cm³/mol. The molecule has 2 aliphatic rings. The molecule has 186 valence electrons. The predicted octanol–water partition coefficient (Wildman–Crippen LogP) is 4.68. The molecule has 1 unspecified atom stereocenters. The monoisotopic (exact) mass is 509 g/mol. The molecule has 3 aromatic rings. The number of carbonyl (C=O) groups excluding carboxylic acids is 3. The minimum atomic E-state index is -0.901. The van der Waals surface area contributed by atoms with Crippen LogP contribution < -0.4 is 0 Å². The number of halogens is 1. The molecule has 0 aliphatic carbocycles. The summed E-state index contributed by atoms with van der Waals surface area (Å²) in [6.07, 6.45) is 2.10. The van der Waals surface area contributed by atoms with Crippen LogP contribution in [-0.4, -0.2) is 63.4 Å². The van der Waals surface area contributed by atoms with Gasteiger partial charge in [0.15, 0.2) is 11.5 Å². The number of aliphatic hydroxyl groups excluding tert-OH is 1. The SMILES string of the molecule is CCOC(=O)N1CCC(N2C(=O)C(O)=C(C(=O)c3cc4cc(Cl)ccc4o3)C2c2ccccn2)CC1. The highest BCUT2D eigenvalue weighted by Crippen LogP contribution is 2.42. The van der Waals surface area contributed by atoms with Crippen molar-refractivity contribution in [3.8, 4) is 0 Å². The number of aromatic nitrogens is 1. The molecule has 0 bridgehead atoms. The smallest absolute Gasteiger partial charge is 0.409 e. The van der Waals surface area contributed by atoms with Gasteiger partial charge in [0.25, 0.3) is 5.91 Å². The first-order valence-electron chi connectivity index (χ1n) is 11.7. The highest BCUT2D eigenvalue weighted by Gasteiger charge is 2.48. The van der Waals surface area contributed by atoms with Crippen molar-refractivity contribution in [2.24, 2.45) is 0 Å². The number of Topliss-reactive ketones (excluding diaryl/α,β-unsaturated/α-hetero) is 1. The Hall–Kier alpha value is -3.85. The second-order valence-corrected chi connectivity index (χ2v) is 9.11. The average Bonchev–Trinajstić information content (AvgIpc) is 3.43. The van der Waals surface area contributed by atoms with Crippen molar-refractivity contribution in [2.45, 2.75) is 31.8 Å². The van der Waals surface area contributed by atoms with Crippen molar-refractivity contribution in [3.63, 3.8) is 0 Å². The Balaban J connectivity index is 1.49. The molecule has 1 atom stereocenters. The van der Waals surface area contributed by atoms with Crippen LogP contribution in [0.1, 0.15) is 42.1 Å². The van der Waals surface area contributed by atoms with Gasteiger partial charge in [-0.05, 0) is 56.2 Å². The maximum Gasteiger partial charge on any atom is 0.409 e. The molecule has 2 aliphatic heterocycles. The number of ether oxygens (including phenoxy) is 1. The van der Waals surface area contributed by atoms with E-state index in [1.807, 2.05) is 0 Å². The third-order valence-corrected chi connectivity index (χ3v) is 6.78. The van der Waals surface area contributed by atoms with E-state index in [-0.39, 0.29) is 24.0 Å². The zero-order chi connectivity index (χ0) is 25.4. The van der Waals surface area contributed by atoms with Gasteiger partial charge >= 0.3 is 6.09 Å². The summed E-state index contributed by atoms with van der Waals surface area (Å²) >= 11 is 6.06. The number of amides is 2. The number of piperidine rings is 1. The number of hydrogen-bond acceptors (Lipinski definition) is 7. The lowest BCUT2D eigenvalue weighted by Gasteiger charge is -2.39. The van der Waals surface area contributed by atoms with Gasteiger partial charge in [-0.25, -0.2) is 4.79 Å². The number of pyridine rings is 1. The first-order valence-corrected chi connectivity index (χ1v) is 12.1. The number of benzene rings is 1. The van der Waals surface area contributed by atoms with Gasteiger partial charge in [0, 0.05) is 35.7 Å². The number of hydrogen-bond donors (Lipinski definition) is 1. The van der Waals surface area contributed by atoms with Gasteiger partial charge in [-0.2, -0.15) is 0 Å². The van der Waals surface area contributed by atoms with Gasteiger partial charge in [0.05, 0.1) is 17.9 Å². The van der Waals surface area contributed by atoms with Crippen LogP contribution >= 0.6 is 11.6 Å². The highest BCUT2D eigenvalue weighted by molar-refractivity contribution is 6.31. The summed E-state index contributed by atoms with van der Waals surface area (Å²) in [5.41, 5.74) is 0.826. The van der Waals surface area contributed by atoms with Gasteiger partial charge in [0.2, 0.25) is 5.78 Å². The summed E-state index contributed by atoms with van der Waals surface area (Å²) in [5.74, 6) is -1.89. The van der Waals surface area contributed by atoms with Crippen LogP contribution in [0.25, 0.3) is 11.0 Å². The Morgan fingerprint density at radius 3 is 2.67 bits per heavy atom. The number of ketones is 1. The van der Waals surface area contributed by atoms with Crippen molar-refractivity contribution in [1.29, 1.82) is 0 Å². The Morgan fingerprint density at radius 1 is 1.19 bits per heavy atom. The number of rotatable bonds is 5. The maximum absolute atomic E-state index is 13.7. The Kier molecular flexibility index (Phi) is 6.40. The molecule has 9 nitrogen and oxygen atoms in total. The Morgan fingerprint density at radius 2 is 1.97 bits per heavy atom. The second-order valence-electron chi connectivity index (χ2n) is 8.67. The summed E-state index contributed by atoms with van der Waals surface area (Å²) in [4.78, 5) is 46.6. The average molecular weight is 510 g/mol. The number of aliphatic hydroxyl groups is 1. The van der Waals surface area contributed by atoms with Gasteiger partial charge in [0.1, 0.15) is 11.6 Å². The molecular weight excluding hydrogens is 486 g/mol. The number of likely N-dealkylation sites (tertiary alicyclic amines) is 1. The van der Waals surface area contributed by atoms with Gasteiger partial charge < -0.3 is 24.1 Å². The van der Waals surface area contributed by atoms with E-state index in [1.165, 1.54) is 4.90 Å². The molecule has 10 heteroatoms. The van der Waals surface area contributed by atoms with E-state index in [1.54, 1.807) is 60.5 Å². The molecule has 4 heterocycles. The maximum atomic E-state index is 13.7. The van der Waals surface area contributed by atoms with Gasteiger partial charge in [-0.1, -0.05) is 17.7 Å². The van der Waals surface area contributed by atoms with Crippen LogP contribution in [0, 0.1) is 0 Å². The van der Waals surface area contributed by atoms with E-state index >= 15 is 0 Å².